The van der Waals surface area contributed by atoms with Gasteiger partial charge < -0.3 is 0 Å². The van der Waals surface area contributed by atoms with Gasteiger partial charge in [0.2, 0.25) is 0 Å². The molecule has 25 heavy (non-hydrogen) atoms. The second kappa shape index (κ2) is 5.77. The fourth-order valence-electron chi connectivity index (χ4n) is 3.36. The van der Waals surface area contributed by atoms with Crippen molar-refractivity contribution in [1.82, 2.24) is 0 Å². The van der Waals surface area contributed by atoms with Crippen molar-refractivity contribution >= 4 is 29.6 Å². The smallest absolute Gasteiger partial charge is 0.136 e. The van der Waals surface area contributed by atoms with Gasteiger partial charge in [0, 0.05) is 10.4 Å². The van der Waals surface area contributed by atoms with E-state index in [0.29, 0.717) is 10.4 Å². The molecule has 0 saturated carbocycles. The summed E-state index contributed by atoms with van der Waals surface area (Å²) in [5, 5.41) is 42.3. The molecule has 5 heteroatoms. The molecule has 4 nitrogen and oxygen atoms in total. The van der Waals surface area contributed by atoms with Crippen LogP contribution in [0.25, 0.3) is 11.1 Å². The molecular formula is C20H12N4Si. The highest BCUT2D eigenvalue weighted by Crippen LogP contribution is 2.12. The lowest BCUT2D eigenvalue weighted by molar-refractivity contribution is 1.47. The molecule has 2 aromatic carbocycles. The van der Waals surface area contributed by atoms with Gasteiger partial charge in [-0.2, -0.15) is 21.0 Å². The topological polar surface area (TPSA) is 95.2 Å². The van der Waals surface area contributed by atoms with Crippen LogP contribution in [0.1, 0.15) is 0 Å². The Balaban J connectivity index is 2.48. The molecule has 3 rings (SSSR count). The number of fused-ring (bicyclic) bond motifs is 2. The zero-order valence-corrected chi connectivity index (χ0v) is 14.8. The summed E-state index contributed by atoms with van der Waals surface area (Å²) in [5.74, 6) is 0. The molecule has 1 aliphatic rings. The Morgan fingerprint density at radius 1 is 0.680 bits per heavy atom. The number of hydrogen-bond donors (Lipinski definition) is 0. The van der Waals surface area contributed by atoms with Gasteiger partial charge in [0.1, 0.15) is 43.5 Å². The summed E-state index contributed by atoms with van der Waals surface area (Å²) in [6.45, 7) is 4.39. The zero-order chi connectivity index (χ0) is 18.2. The summed E-state index contributed by atoms with van der Waals surface area (Å²) in [6, 6.07) is 19.2. The molecule has 0 atom stereocenters. The monoisotopic (exact) mass is 336 g/mol. The Labute approximate surface area is 145 Å². The lowest BCUT2D eigenvalue weighted by Crippen LogP contribution is -2.52. The highest BCUT2D eigenvalue weighted by molar-refractivity contribution is 7.01. The maximum absolute atomic E-state index is 9.12. The van der Waals surface area contributed by atoms with Gasteiger partial charge in [0.15, 0.2) is 0 Å². The molecule has 0 spiro atoms. The third-order valence-corrected chi connectivity index (χ3v) is 8.22. The minimum absolute atomic E-state index is 0.105. The predicted octanol–water partition coefficient (Wildman–Crippen LogP) is 0.505. The number of nitrogens with zero attached hydrogens (tertiary/aromatic N) is 4. The van der Waals surface area contributed by atoms with E-state index in [4.69, 9.17) is 21.0 Å². The molecule has 0 N–H and O–H groups in total. The molecular weight excluding hydrogens is 324 g/mol. The lowest BCUT2D eigenvalue weighted by Gasteiger charge is -2.19. The second-order valence-corrected chi connectivity index (χ2v) is 10.7. The molecule has 0 aromatic heterocycles. The standard InChI is InChI=1S/C20H12N4Si/c1-25(2)19-7-13(15(9-21)10-22)3-5-17(19)18-6-4-14(8-20(18)25)16(11-23)12-24/h3-8H,1-2H3. The summed E-state index contributed by atoms with van der Waals surface area (Å²) in [6.07, 6.45) is 0. The van der Waals surface area contributed by atoms with Crippen molar-refractivity contribution < 1.29 is 0 Å². The quantitative estimate of drug-likeness (QED) is 0.655. The van der Waals surface area contributed by atoms with E-state index < -0.39 is 8.07 Å². The van der Waals surface area contributed by atoms with Crippen LogP contribution in [0.2, 0.25) is 13.1 Å². The first kappa shape index (κ1) is 16.2. The van der Waals surface area contributed by atoms with E-state index in [2.05, 4.69) is 13.1 Å². The summed E-state index contributed by atoms with van der Waals surface area (Å²) < 4.78 is 0. The molecule has 116 valence electrons. The van der Waals surface area contributed by atoms with Crippen LogP contribution in [-0.2, 0) is 0 Å². The van der Waals surface area contributed by atoms with Crippen molar-refractivity contribution in [2.75, 3.05) is 0 Å². The van der Waals surface area contributed by atoms with E-state index in [1.54, 1.807) is 12.1 Å². The van der Waals surface area contributed by atoms with Crippen LogP contribution in [0.15, 0.2) is 36.4 Å². The molecule has 2 aromatic rings. The second-order valence-electron chi connectivity index (χ2n) is 6.34. The first-order valence-corrected chi connectivity index (χ1v) is 10.6. The van der Waals surface area contributed by atoms with Crippen molar-refractivity contribution in [3.8, 4) is 24.3 Å². The first-order valence-electron chi connectivity index (χ1n) is 7.62. The third kappa shape index (κ3) is 2.32. The van der Waals surface area contributed by atoms with Crippen LogP contribution in [0, 0.1) is 55.8 Å². The van der Waals surface area contributed by atoms with Gasteiger partial charge >= 0.3 is 0 Å². The Bertz CT molecular complexity index is 1170. The van der Waals surface area contributed by atoms with Crippen LogP contribution >= 0.6 is 0 Å². The van der Waals surface area contributed by atoms with Crippen molar-refractivity contribution in [3.05, 3.63) is 57.3 Å². The van der Waals surface area contributed by atoms with E-state index in [1.807, 2.05) is 48.5 Å². The normalized spacial score (nSPS) is 12.6. The van der Waals surface area contributed by atoms with Crippen molar-refractivity contribution in [3.63, 3.8) is 0 Å². The zero-order valence-electron chi connectivity index (χ0n) is 13.8. The largest absolute Gasteiger partial charge is 0.192 e. The van der Waals surface area contributed by atoms with Crippen LogP contribution in [-0.4, -0.2) is 8.07 Å². The van der Waals surface area contributed by atoms with E-state index in [0.717, 1.165) is 20.8 Å². The number of benzene rings is 2. The van der Waals surface area contributed by atoms with Crippen molar-refractivity contribution in [1.29, 1.82) is 21.0 Å². The molecule has 1 heterocycles. The van der Waals surface area contributed by atoms with E-state index in [9.17, 15) is 0 Å². The van der Waals surface area contributed by atoms with E-state index in [-0.39, 0.29) is 11.1 Å². The van der Waals surface area contributed by atoms with Gasteiger partial charge in [0.25, 0.3) is 0 Å². The minimum Gasteiger partial charge on any atom is -0.192 e. The van der Waals surface area contributed by atoms with Gasteiger partial charge in [0.05, 0.1) is 0 Å². The van der Waals surface area contributed by atoms with Crippen molar-refractivity contribution in [2.45, 2.75) is 13.1 Å². The number of nitriles is 4. The van der Waals surface area contributed by atoms with Crippen LogP contribution in [0.4, 0.5) is 0 Å². The summed E-state index contributed by atoms with van der Waals surface area (Å²) in [4.78, 5) is 0. The summed E-state index contributed by atoms with van der Waals surface area (Å²) >= 11 is 0. The van der Waals surface area contributed by atoms with E-state index >= 15 is 0 Å². The lowest BCUT2D eigenvalue weighted by atomic mass is 10.1. The average molecular weight is 336 g/mol. The predicted molar refractivity (Wildman–Crippen MR) is 95.8 cm³/mol. The molecule has 1 aliphatic heterocycles. The molecule has 0 saturated heterocycles. The van der Waals surface area contributed by atoms with Crippen LogP contribution < -0.4 is 20.8 Å². The van der Waals surface area contributed by atoms with Gasteiger partial charge in [-0.25, -0.2) is 0 Å². The highest BCUT2D eigenvalue weighted by Gasteiger charge is 2.32. The molecule has 0 aliphatic carbocycles. The van der Waals surface area contributed by atoms with Gasteiger partial charge in [-0.3, -0.25) is 0 Å². The van der Waals surface area contributed by atoms with Gasteiger partial charge in [-0.15, -0.1) is 0 Å². The molecule has 0 bridgehead atoms. The molecule has 0 fully saturated rings. The molecule has 0 amide bonds. The fraction of sp³-hybridized carbons (Fsp3) is 0.100. The fourth-order valence-corrected chi connectivity index (χ4v) is 6.46. The first-order chi connectivity index (χ1) is 12.0. The average Bonchev–Trinajstić information content (AvgIpc) is 2.85. The summed E-state index contributed by atoms with van der Waals surface area (Å²) in [7, 11) is -2.05. The molecule has 0 radical (unpaired) electrons. The Morgan fingerprint density at radius 2 is 1.04 bits per heavy atom. The number of hydrogen-bond acceptors (Lipinski definition) is 4. The summed E-state index contributed by atoms with van der Waals surface area (Å²) in [5.41, 5.74) is 0.211. The van der Waals surface area contributed by atoms with E-state index in [1.165, 1.54) is 0 Å². The highest BCUT2D eigenvalue weighted by atomic mass is 28.3. The SMILES string of the molecule is C[Si]1(C)c2cc(=C(C#N)C#N)ccc2=c2ccc(=C(C#N)C#N)cc21. The Hall–Kier alpha value is -3.64. The van der Waals surface area contributed by atoms with Crippen LogP contribution in [0.5, 0.6) is 0 Å². The number of rotatable bonds is 0. The minimum atomic E-state index is -2.05. The Morgan fingerprint density at radius 3 is 1.36 bits per heavy atom. The van der Waals surface area contributed by atoms with Gasteiger partial charge in [-0.1, -0.05) is 49.5 Å². The maximum Gasteiger partial charge on any atom is 0.136 e. The molecule has 0 unspecified atom stereocenters. The third-order valence-electron chi connectivity index (χ3n) is 4.70. The van der Waals surface area contributed by atoms with Crippen molar-refractivity contribution in [2.24, 2.45) is 0 Å². The Kier molecular flexibility index (Phi) is 3.74. The van der Waals surface area contributed by atoms with Gasteiger partial charge in [-0.05, 0) is 20.8 Å². The van der Waals surface area contributed by atoms with Crippen LogP contribution in [0.3, 0.4) is 0 Å². The maximum atomic E-state index is 9.12.